The number of amides is 1. The molecule has 0 aliphatic rings. The summed E-state index contributed by atoms with van der Waals surface area (Å²) in [5.74, 6) is -0.222. The summed E-state index contributed by atoms with van der Waals surface area (Å²) < 4.78 is 22.0. The molecule has 0 heterocycles. The second-order valence-electron chi connectivity index (χ2n) is 13.4. The zero-order valence-electron chi connectivity index (χ0n) is 33.0. The number of phosphoric acid groups is 1. The van der Waals surface area contributed by atoms with Crippen molar-refractivity contribution < 1.29 is 28.4 Å². The van der Waals surface area contributed by atoms with E-state index in [0.29, 0.717) is 6.42 Å². The number of hydrogen-bond acceptors (Lipinski definition) is 6. The highest BCUT2D eigenvalue weighted by atomic mass is 31.2. The number of phosphoric ester groups is 1. The molecule has 300 valence electrons. The predicted octanol–water partition coefficient (Wildman–Crippen LogP) is 11.3. The Bertz CT molecular complexity index is 1040. The lowest BCUT2D eigenvalue weighted by molar-refractivity contribution is -0.123. The van der Waals surface area contributed by atoms with Gasteiger partial charge in [0.1, 0.15) is 0 Å². The molecule has 0 aromatic rings. The van der Waals surface area contributed by atoms with Crippen LogP contribution in [0.4, 0.5) is 0 Å². The van der Waals surface area contributed by atoms with E-state index in [1.54, 1.807) is 6.08 Å². The van der Waals surface area contributed by atoms with Crippen LogP contribution in [0.5, 0.6) is 0 Å². The average molecular weight is 749 g/mol. The number of aliphatic hydroxyl groups excluding tert-OH is 1. The van der Waals surface area contributed by atoms with E-state index in [1.165, 1.54) is 64.2 Å². The van der Waals surface area contributed by atoms with Crippen molar-refractivity contribution in [3.8, 4) is 0 Å². The molecule has 1 amide bonds. The Morgan fingerprint density at radius 2 is 1.13 bits per heavy atom. The van der Waals surface area contributed by atoms with Gasteiger partial charge in [0.2, 0.25) is 5.91 Å². The summed E-state index contributed by atoms with van der Waals surface area (Å²) in [7, 11) is -4.35. The summed E-state index contributed by atoms with van der Waals surface area (Å²) in [4.78, 5) is 22.6. The van der Waals surface area contributed by atoms with Gasteiger partial charge in [0.15, 0.2) is 0 Å². The number of nitrogens with two attached hydrogens (primary N) is 1. The van der Waals surface area contributed by atoms with Gasteiger partial charge in [0, 0.05) is 13.0 Å². The summed E-state index contributed by atoms with van der Waals surface area (Å²) in [5, 5.41) is 13.5. The SMILES string of the molecule is CC/C=C/CC/C=C/CC/C=C/C(O)C(COP(=O)(O)OCCN)NC(=O)CCCCCCCCCC/C=C\C/C=C\C/C=C\CCCCCCC. The lowest BCUT2D eigenvalue weighted by Crippen LogP contribution is -2.45. The van der Waals surface area contributed by atoms with Crippen molar-refractivity contribution in [3.63, 3.8) is 0 Å². The minimum Gasteiger partial charge on any atom is -0.387 e. The predicted molar refractivity (Wildman–Crippen MR) is 221 cm³/mol. The first kappa shape index (κ1) is 49.9. The maximum absolute atomic E-state index is 12.7. The number of unbranched alkanes of at least 4 members (excludes halogenated alkanes) is 15. The van der Waals surface area contributed by atoms with Gasteiger partial charge in [-0.1, -0.05) is 151 Å². The first-order valence-corrected chi connectivity index (χ1v) is 22.1. The lowest BCUT2D eigenvalue weighted by atomic mass is 10.1. The maximum atomic E-state index is 12.7. The van der Waals surface area contributed by atoms with Gasteiger partial charge >= 0.3 is 7.82 Å². The van der Waals surface area contributed by atoms with Crippen molar-refractivity contribution >= 4 is 13.7 Å². The van der Waals surface area contributed by atoms with Crippen LogP contribution in [0.25, 0.3) is 0 Å². The van der Waals surface area contributed by atoms with E-state index in [2.05, 4.69) is 79.9 Å². The number of allylic oxidation sites excluding steroid dienone is 11. The van der Waals surface area contributed by atoms with Crippen molar-refractivity contribution in [1.29, 1.82) is 0 Å². The van der Waals surface area contributed by atoms with E-state index in [4.69, 9.17) is 14.8 Å². The van der Waals surface area contributed by atoms with Gasteiger partial charge in [0.05, 0.1) is 25.4 Å². The number of carbonyl (C=O) groups excluding carboxylic acids is 1. The standard InChI is InChI=1S/C43H77N2O6P/c1-3-5-7-9-11-13-15-16-17-18-19-20-21-22-23-24-25-26-27-29-31-33-35-37-43(47)45-41(40-51-52(48,49)50-39-38-44)42(46)36-34-32-30-28-14-12-10-8-6-4-2/h6,8,14-16,18-19,21-22,28,34,36,41-42,46H,3-5,7,9-13,17,20,23-27,29-33,35,37-40,44H2,1-2H3,(H,45,47)(H,48,49)/b8-6+,16-15-,19-18-,22-21-,28-14+,36-34+. The van der Waals surface area contributed by atoms with Crippen molar-refractivity contribution in [1.82, 2.24) is 5.32 Å². The van der Waals surface area contributed by atoms with Crippen LogP contribution < -0.4 is 11.1 Å². The van der Waals surface area contributed by atoms with E-state index in [9.17, 15) is 19.4 Å². The molecule has 0 fully saturated rings. The van der Waals surface area contributed by atoms with Gasteiger partial charge in [-0.2, -0.15) is 0 Å². The van der Waals surface area contributed by atoms with Crippen LogP contribution in [0.1, 0.15) is 162 Å². The average Bonchev–Trinajstić information content (AvgIpc) is 3.13. The van der Waals surface area contributed by atoms with Crippen LogP contribution >= 0.6 is 7.82 Å². The van der Waals surface area contributed by atoms with Crippen LogP contribution in [-0.2, 0) is 18.4 Å². The normalized spacial score (nSPS) is 14.9. The van der Waals surface area contributed by atoms with Crippen molar-refractivity contribution in [2.75, 3.05) is 19.8 Å². The van der Waals surface area contributed by atoms with E-state index < -0.39 is 20.0 Å². The molecule has 52 heavy (non-hydrogen) atoms. The smallest absolute Gasteiger partial charge is 0.387 e. The van der Waals surface area contributed by atoms with E-state index in [1.807, 2.05) is 6.08 Å². The minimum absolute atomic E-state index is 0.0667. The van der Waals surface area contributed by atoms with Gasteiger partial charge in [-0.3, -0.25) is 13.8 Å². The molecule has 0 rings (SSSR count). The molecule has 3 atom stereocenters. The maximum Gasteiger partial charge on any atom is 0.472 e. The molecular formula is C43H77N2O6P. The zero-order valence-corrected chi connectivity index (χ0v) is 33.9. The summed E-state index contributed by atoms with van der Waals surface area (Å²) in [6.45, 7) is 3.94. The highest BCUT2D eigenvalue weighted by Crippen LogP contribution is 2.43. The molecule has 5 N–H and O–H groups in total. The number of carbonyl (C=O) groups is 1. The Morgan fingerprint density at radius 1 is 0.654 bits per heavy atom. The third-order valence-corrected chi connectivity index (χ3v) is 9.48. The Hall–Kier alpha value is -2.06. The largest absolute Gasteiger partial charge is 0.472 e. The fraction of sp³-hybridized carbons (Fsp3) is 0.698. The molecule has 0 aliphatic heterocycles. The molecule has 3 unspecified atom stereocenters. The summed E-state index contributed by atoms with van der Waals surface area (Å²) in [5.41, 5.74) is 5.35. The van der Waals surface area contributed by atoms with Crippen LogP contribution in [-0.4, -0.2) is 47.8 Å². The molecule has 0 spiro atoms. The van der Waals surface area contributed by atoms with Gasteiger partial charge in [-0.05, 0) is 77.0 Å². The first-order chi connectivity index (χ1) is 25.4. The van der Waals surface area contributed by atoms with Gasteiger partial charge in [0.25, 0.3) is 0 Å². The molecule has 0 saturated carbocycles. The third-order valence-electron chi connectivity index (χ3n) is 8.49. The Labute approximate surface area is 318 Å². The second-order valence-corrected chi connectivity index (χ2v) is 14.9. The monoisotopic (exact) mass is 749 g/mol. The van der Waals surface area contributed by atoms with Crippen LogP contribution in [0.15, 0.2) is 72.9 Å². The third kappa shape index (κ3) is 36.3. The molecule has 0 aromatic carbocycles. The van der Waals surface area contributed by atoms with E-state index >= 15 is 0 Å². The fourth-order valence-electron chi connectivity index (χ4n) is 5.41. The molecule has 0 saturated heterocycles. The molecule has 8 nitrogen and oxygen atoms in total. The summed E-state index contributed by atoms with van der Waals surface area (Å²) in [6.07, 6.45) is 49.7. The zero-order chi connectivity index (χ0) is 38.2. The van der Waals surface area contributed by atoms with Crippen LogP contribution in [0.2, 0.25) is 0 Å². The van der Waals surface area contributed by atoms with Gasteiger partial charge in [-0.15, -0.1) is 0 Å². The molecule has 0 aromatic heterocycles. The Balaban J connectivity index is 4.19. The van der Waals surface area contributed by atoms with Gasteiger partial charge in [-0.25, -0.2) is 4.57 Å². The topological polar surface area (TPSA) is 131 Å². The second kappa shape index (κ2) is 38.7. The summed E-state index contributed by atoms with van der Waals surface area (Å²) in [6, 6.07) is -0.889. The Morgan fingerprint density at radius 3 is 1.69 bits per heavy atom. The van der Waals surface area contributed by atoms with Crippen molar-refractivity contribution in [3.05, 3.63) is 72.9 Å². The van der Waals surface area contributed by atoms with Crippen molar-refractivity contribution in [2.45, 2.75) is 174 Å². The fourth-order valence-corrected chi connectivity index (χ4v) is 6.17. The number of aliphatic hydroxyl groups is 1. The number of nitrogens with one attached hydrogen (secondary N) is 1. The molecular weight excluding hydrogens is 671 g/mol. The van der Waals surface area contributed by atoms with E-state index in [0.717, 1.165) is 77.0 Å². The molecule has 9 heteroatoms. The lowest BCUT2D eigenvalue weighted by Gasteiger charge is -2.23. The number of rotatable bonds is 37. The molecule has 0 radical (unpaired) electrons. The molecule has 0 bridgehead atoms. The van der Waals surface area contributed by atoms with Crippen LogP contribution in [0, 0.1) is 0 Å². The Kier molecular flexibility index (Phi) is 37.1. The first-order valence-electron chi connectivity index (χ1n) is 20.6. The van der Waals surface area contributed by atoms with Gasteiger partial charge < -0.3 is 21.1 Å². The minimum atomic E-state index is -4.35. The van der Waals surface area contributed by atoms with E-state index in [-0.39, 0.29) is 25.7 Å². The highest BCUT2D eigenvalue weighted by molar-refractivity contribution is 7.47. The van der Waals surface area contributed by atoms with Crippen molar-refractivity contribution in [2.24, 2.45) is 5.73 Å². The van der Waals surface area contributed by atoms with Crippen LogP contribution in [0.3, 0.4) is 0 Å². The molecule has 0 aliphatic carbocycles. The summed E-state index contributed by atoms with van der Waals surface area (Å²) >= 11 is 0. The number of hydrogen-bond donors (Lipinski definition) is 4. The highest BCUT2D eigenvalue weighted by Gasteiger charge is 2.26. The quantitative estimate of drug-likeness (QED) is 0.0282.